The summed E-state index contributed by atoms with van der Waals surface area (Å²) in [6.45, 7) is 2.83. The van der Waals surface area contributed by atoms with Gasteiger partial charge in [-0.15, -0.1) is 0 Å². The van der Waals surface area contributed by atoms with Crippen molar-refractivity contribution in [2.24, 2.45) is 5.73 Å². The Bertz CT molecular complexity index is 429. The molecule has 4 heteroatoms. The second kappa shape index (κ2) is 3.62. The first kappa shape index (κ1) is 10.7. The van der Waals surface area contributed by atoms with E-state index >= 15 is 0 Å². The van der Waals surface area contributed by atoms with Gasteiger partial charge in [0.2, 0.25) is 0 Å². The Kier molecular flexibility index (Phi) is 2.57. The van der Waals surface area contributed by atoms with Crippen LogP contribution in [-0.4, -0.2) is 6.54 Å². The van der Waals surface area contributed by atoms with Gasteiger partial charge in [-0.1, -0.05) is 30.1 Å². The van der Waals surface area contributed by atoms with Crippen LogP contribution in [0.15, 0.2) is 30.1 Å². The van der Waals surface area contributed by atoms with Gasteiger partial charge in [-0.25, -0.2) is 0 Å². The first-order chi connectivity index (χ1) is 7.01. The van der Waals surface area contributed by atoms with Gasteiger partial charge >= 0.3 is 0 Å². The average molecular weight is 243 g/mol. The van der Waals surface area contributed by atoms with Crippen molar-refractivity contribution in [3.63, 3.8) is 0 Å². The lowest BCUT2D eigenvalue weighted by Crippen LogP contribution is -2.27. The summed E-state index contributed by atoms with van der Waals surface area (Å²) in [5.74, 6) is 0.688. The van der Waals surface area contributed by atoms with E-state index in [0.29, 0.717) is 10.8 Å². The smallest absolute Gasteiger partial charge is 0.0928 e. The molecule has 0 fully saturated rings. The summed E-state index contributed by atoms with van der Waals surface area (Å²) >= 11 is 12.1. The molecule has 0 radical (unpaired) electrons. The quantitative estimate of drug-likeness (QED) is 0.795. The molecule has 2 nitrogen and oxygen atoms in total. The van der Waals surface area contributed by atoms with Gasteiger partial charge in [-0.3, -0.25) is 0 Å². The fourth-order valence-electron chi connectivity index (χ4n) is 1.84. The van der Waals surface area contributed by atoms with E-state index in [1.165, 1.54) is 0 Å². The summed E-state index contributed by atoms with van der Waals surface area (Å²) in [4.78, 5) is 0. The fraction of sp³-hybridized carbons (Fsp3) is 0.273. The Morgan fingerprint density at radius 2 is 2.13 bits per heavy atom. The van der Waals surface area contributed by atoms with Crippen molar-refractivity contribution in [3.8, 4) is 0 Å². The largest absolute Gasteiger partial charge is 0.386 e. The van der Waals surface area contributed by atoms with Gasteiger partial charge in [0.25, 0.3) is 0 Å². The molecule has 0 bridgehead atoms. The first-order valence-corrected chi connectivity index (χ1v) is 5.45. The summed E-state index contributed by atoms with van der Waals surface area (Å²) in [6, 6.07) is 5.49. The van der Waals surface area contributed by atoms with E-state index in [0.717, 1.165) is 17.1 Å². The zero-order valence-electron chi connectivity index (χ0n) is 8.35. The molecule has 0 saturated heterocycles. The third kappa shape index (κ3) is 1.92. The van der Waals surface area contributed by atoms with Crippen LogP contribution >= 0.6 is 23.2 Å². The molecule has 1 aromatic carbocycles. The Hall–Kier alpha value is -0.860. The van der Waals surface area contributed by atoms with Gasteiger partial charge in [0.1, 0.15) is 0 Å². The predicted octanol–water partition coefficient (Wildman–Crippen LogP) is 2.65. The highest BCUT2D eigenvalue weighted by Crippen LogP contribution is 2.35. The molecular formula is C11H12Cl2N2. The molecule has 0 spiro atoms. The van der Waals surface area contributed by atoms with Crippen molar-refractivity contribution < 1.29 is 0 Å². The van der Waals surface area contributed by atoms with Crippen molar-refractivity contribution in [1.29, 1.82) is 0 Å². The van der Waals surface area contributed by atoms with E-state index in [2.05, 4.69) is 12.2 Å². The zero-order valence-corrected chi connectivity index (χ0v) is 9.86. The van der Waals surface area contributed by atoms with E-state index in [1.807, 2.05) is 18.2 Å². The minimum atomic E-state index is -0.175. The van der Waals surface area contributed by atoms with E-state index < -0.39 is 0 Å². The molecular weight excluding hydrogens is 231 g/mol. The molecule has 3 N–H and O–H groups in total. The summed E-state index contributed by atoms with van der Waals surface area (Å²) < 4.78 is 0. The number of nitrogens with two attached hydrogens (primary N) is 1. The summed E-state index contributed by atoms with van der Waals surface area (Å²) in [5, 5.41) is 4.50. The third-order valence-corrected chi connectivity index (χ3v) is 3.24. The SMILES string of the molecule is CC1(c2cc(Cl)ccc2Cl)C=C(N)NC1. The van der Waals surface area contributed by atoms with Crippen LogP contribution in [0.1, 0.15) is 12.5 Å². The number of nitrogens with one attached hydrogen (secondary N) is 1. The molecule has 1 atom stereocenters. The predicted molar refractivity (Wildman–Crippen MR) is 64.1 cm³/mol. The van der Waals surface area contributed by atoms with Crippen molar-refractivity contribution in [2.75, 3.05) is 6.54 Å². The van der Waals surface area contributed by atoms with Crippen molar-refractivity contribution in [2.45, 2.75) is 12.3 Å². The van der Waals surface area contributed by atoms with Crippen LogP contribution in [0.25, 0.3) is 0 Å². The maximum Gasteiger partial charge on any atom is 0.0928 e. The van der Waals surface area contributed by atoms with E-state index in [4.69, 9.17) is 28.9 Å². The van der Waals surface area contributed by atoms with Crippen molar-refractivity contribution >= 4 is 23.2 Å². The van der Waals surface area contributed by atoms with Gasteiger partial charge in [-0.05, 0) is 29.8 Å². The minimum Gasteiger partial charge on any atom is -0.386 e. The third-order valence-electron chi connectivity index (χ3n) is 2.68. The molecule has 0 aliphatic carbocycles. The summed E-state index contributed by atoms with van der Waals surface area (Å²) in [7, 11) is 0. The Labute approximate surface area is 99.1 Å². The lowest BCUT2D eigenvalue weighted by atomic mass is 9.84. The van der Waals surface area contributed by atoms with Crippen LogP contribution in [0.3, 0.4) is 0 Å². The molecule has 0 saturated carbocycles. The van der Waals surface area contributed by atoms with Gasteiger partial charge in [0, 0.05) is 22.0 Å². The van der Waals surface area contributed by atoms with Crippen LogP contribution < -0.4 is 11.1 Å². The molecule has 1 aromatic rings. The summed E-state index contributed by atoms with van der Waals surface area (Å²) in [5.41, 5.74) is 6.54. The average Bonchev–Trinajstić information content (AvgIpc) is 2.52. The van der Waals surface area contributed by atoms with Crippen molar-refractivity contribution in [3.05, 3.63) is 45.7 Å². The number of halogens is 2. The number of benzene rings is 1. The molecule has 1 heterocycles. The Morgan fingerprint density at radius 1 is 1.40 bits per heavy atom. The standard InChI is InChI=1S/C11H12Cl2N2/c1-11(5-10(14)15-6-11)8-4-7(12)2-3-9(8)13/h2-5,15H,6,14H2,1H3. The zero-order chi connectivity index (χ0) is 11.1. The molecule has 80 valence electrons. The van der Waals surface area contributed by atoms with Crippen molar-refractivity contribution in [1.82, 2.24) is 5.32 Å². The molecule has 2 rings (SSSR count). The van der Waals surface area contributed by atoms with Crippen LogP contribution in [0, 0.1) is 0 Å². The van der Waals surface area contributed by atoms with E-state index in [-0.39, 0.29) is 5.41 Å². The monoisotopic (exact) mass is 242 g/mol. The van der Waals surface area contributed by atoms with E-state index in [1.54, 1.807) is 6.07 Å². The number of rotatable bonds is 1. The molecule has 15 heavy (non-hydrogen) atoms. The van der Waals surface area contributed by atoms with Gasteiger partial charge in [0.15, 0.2) is 0 Å². The van der Waals surface area contributed by atoms with Crippen LogP contribution in [-0.2, 0) is 5.41 Å². The second-order valence-electron chi connectivity index (χ2n) is 3.99. The number of hydrogen-bond donors (Lipinski definition) is 2. The number of hydrogen-bond acceptors (Lipinski definition) is 2. The lowest BCUT2D eigenvalue weighted by Gasteiger charge is -2.22. The van der Waals surface area contributed by atoms with Crippen LogP contribution in [0.4, 0.5) is 0 Å². The molecule has 0 aromatic heterocycles. The van der Waals surface area contributed by atoms with Gasteiger partial charge in [-0.2, -0.15) is 0 Å². The maximum atomic E-state index is 6.16. The first-order valence-electron chi connectivity index (χ1n) is 4.69. The van der Waals surface area contributed by atoms with Crippen LogP contribution in [0.2, 0.25) is 10.0 Å². The topological polar surface area (TPSA) is 38.0 Å². The van der Waals surface area contributed by atoms with Gasteiger partial charge in [0.05, 0.1) is 5.82 Å². The molecule has 1 unspecified atom stereocenters. The highest BCUT2D eigenvalue weighted by Gasteiger charge is 2.31. The Morgan fingerprint density at radius 3 is 2.73 bits per heavy atom. The van der Waals surface area contributed by atoms with Gasteiger partial charge < -0.3 is 11.1 Å². The normalized spacial score (nSPS) is 24.9. The minimum absolute atomic E-state index is 0.175. The highest BCUT2D eigenvalue weighted by atomic mass is 35.5. The lowest BCUT2D eigenvalue weighted by molar-refractivity contribution is 0.602. The molecule has 1 aliphatic rings. The Balaban J connectivity index is 2.49. The van der Waals surface area contributed by atoms with Crippen LogP contribution in [0.5, 0.6) is 0 Å². The van der Waals surface area contributed by atoms with E-state index in [9.17, 15) is 0 Å². The fourth-order valence-corrected chi connectivity index (χ4v) is 2.34. The summed E-state index contributed by atoms with van der Waals surface area (Å²) in [6.07, 6.45) is 1.98. The second-order valence-corrected chi connectivity index (χ2v) is 4.84. The maximum absolute atomic E-state index is 6.16. The highest BCUT2D eigenvalue weighted by molar-refractivity contribution is 6.33. The molecule has 0 amide bonds. The molecule has 1 aliphatic heterocycles.